The van der Waals surface area contributed by atoms with Crippen LogP contribution in [0, 0.1) is 0 Å². The molecule has 2 aromatic rings. The van der Waals surface area contributed by atoms with Gasteiger partial charge in [-0.2, -0.15) is 0 Å². The minimum atomic E-state index is -0.240. The molecule has 1 N–H and O–H groups in total. The zero-order chi connectivity index (χ0) is 14.0. The van der Waals surface area contributed by atoms with Gasteiger partial charge in [0.2, 0.25) is 0 Å². The molecule has 0 atom stereocenters. The van der Waals surface area contributed by atoms with E-state index in [-0.39, 0.29) is 11.4 Å². The smallest absolute Gasteiger partial charge is 0.253 e. The zero-order valence-corrected chi connectivity index (χ0v) is 12.0. The van der Waals surface area contributed by atoms with Gasteiger partial charge in [-0.25, -0.2) is 0 Å². The first-order chi connectivity index (χ1) is 9.74. The third kappa shape index (κ3) is 2.38. The standard InChI is InChI=1S/C16H17ClN2O/c17-11-16(8-1-2-9-16)19-15(20)13-7-3-5-12-6-4-10-18-14(12)13/h3-7,10H,1-2,8-9,11H2,(H,19,20). The monoisotopic (exact) mass is 288 g/mol. The fraction of sp³-hybridized carbons (Fsp3) is 0.375. The van der Waals surface area contributed by atoms with Gasteiger partial charge in [0.1, 0.15) is 0 Å². The van der Waals surface area contributed by atoms with Crippen molar-refractivity contribution in [2.24, 2.45) is 0 Å². The molecule has 1 aromatic heterocycles. The number of nitrogens with one attached hydrogen (secondary N) is 1. The van der Waals surface area contributed by atoms with Crippen molar-refractivity contribution in [2.75, 3.05) is 5.88 Å². The number of fused-ring (bicyclic) bond motifs is 1. The van der Waals surface area contributed by atoms with Gasteiger partial charge >= 0.3 is 0 Å². The Morgan fingerprint density at radius 2 is 2.00 bits per heavy atom. The molecule has 3 rings (SSSR count). The number of aromatic nitrogens is 1. The molecule has 3 nitrogen and oxygen atoms in total. The Kier molecular flexibility index (Phi) is 3.62. The number of rotatable bonds is 3. The summed E-state index contributed by atoms with van der Waals surface area (Å²) in [6.07, 6.45) is 5.88. The van der Waals surface area contributed by atoms with Gasteiger partial charge in [0, 0.05) is 17.5 Å². The van der Waals surface area contributed by atoms with Crippen LogP contribution in [0.1, 0.15) is 36.0 Å². The Morgan fingerprint density at radius 3 is 2.75 bits per heavy atom. The van der Waals surface area contributed by atoms with Crippen LogP contribution in [0.5, 0.6) is 0 Å². The molecule has 0 unspecified atom stereocenters. The van der Waals surface area contributed by atoms with Crippen molar-refractivity contribution >= 4 is 28.4 Å². The molecule has 1 fully saturated rings. The van der Waals surface area contributed by atoms with E-state index in [4.69, 9.17) is 11.6 Å². The predicted octanol–water partition coefficient (Wildman–Crippen LogP) is 3.52. The number of benzene rings is 1. The molecule has 0 radical (unpaired) electrons. The predicted molar refractivity (Wildman–Crippen MR) is 81.1 cm³/mol. The van der Waals surface area contributed by atoms with E-state index < -0.39 is 0 Å². The molecule has 0 spiro atoms. The highest BCUT2D eigenvalue weighted by molar-refractivity contribution is 6.19. The number of hydrogen-bond acceptors (Lipinski definition) is 2. The van der Waals surface area contributed by atoms with Crippen molar-refractivity contribution in [1.29, 1.82) is 0 Å². The van der Waals surface area contributed by atoms with Crippen molar-refractivity contribution in [3.63, 3.8) is 0 Å². The Morgan fingerprint density at radius 1 is 1.25 bits per heavy atom. The number of hydrogen-bond donors (Lipinski definition) is 1. The number of carbonyl (C=O) groups is 1. The highest BCUT2D eigenvalue weighted by Crippen LogP contribution is 2.31. The summed E-state index contributed by atoms with van der Waals surface area (Å²) in [6.45, 7) is 0. The van der Waals surface area contributed by atoms with Gasteiger partial charge in [0.05, 0.1) is 16.6 Å². The van der Waals surface area contributed by atoms with Crippen molar-refractivity contribution in [1.82, 2.24) is 10.3 Å². The topological polar surface area (TPSA) is 42.0 Å². The van der Waals surface area contributed by atoms with Crippen LogP contribution in [0.4, 0.5) is 0 Å². The highest BCUT2D eigenvalue weighted by Gasteiger charge is 2.34. The normalized spacial score (nSPS) is 17.2. The van der Waals surface area contributed by atoms with Crippen LogP contribution in [-0.4, -0.2) is 22.3 Å². The van der Waals surface area contributed by atoms with Gasteiger partial charge in [-0.15, -0.1) is 11.6 Å². The first kappa shape index (κ1) is 13.4. The molecule has 1 amide bonds. The molecular formula is C16H17ClN2O. The van der Waals surface area contributed by atoms with Crippen molar-refractivity contribution in [3.05, 3.63) is 42.1 Å². The number of para-hydroxylation sites is 1. The van der Waals surface area contributed by atoms with Gasteiger partial charge in [-0.05, 0) is 25.0 Å². The average molecular weight is 289 g/mol. The average Bonchev–Trinajstić information content (AvgIpc) is 2.95. The van der Waals surface area contributed by atoms with Gasteiger partial charge < -0.3 is 5.32 Å². The molecule has 1 heterocycles. The first-order valence-electron chi connectivity index (χ1n) is 6.96. The van der Waals surface area contributed by atoms with E-state index in [1.54, 1.807) is 6.20 Å². The van der Waals surface area contributed by atoms with E-state index in [1.807, 2.05) is 30.3 Å². The number of amides is 1. The lowest BCUT2D eigenvalue weighted by Crippen LogP contribution is -2.47. The number of alkyl halides is 1. The molecule has 1 saturated carbocycles. The van der Waals surface area contributed by atoms with E-state index in [0.717, 1.165) is 36.6 Å². The Bertz CT molecular complexity index is 630. The SMILES string of the molecule is O=C(NC1(CCl)CCCC1)c1cccc2cccnc12. The molecule has 0 bridgehead atoms. The Labute approximate surface area is 123 Å². The number of nitrogens with zero attached hydrogens (tertiary/aromatic N) is 1. The summed E-state index contributed by atoms with van der Waals surface area (Å²) < 4.78 is 0. The third-order valence-electron chi connectivity index (χ3n) is 4.07. The number of carbonyl (C=O) groups excluding carboxylic acids is 1. The van der Waals surface area contributed by atoms with Gasteiger partial charge in [-0.1, -0.05) is 31.0 Å². The molecule has 1 aliphatic rings. The van der Waals surface area contributed by atoms with Crippen LogP contribution in [0.15, 0.2) is 36.5 Å². The van der Waals surface area contributed by atoms with Crippen LogP contribution in [0.25, 0.3) is 10.9 Å². The van der Waals surface area contributed by atoms with Gasteiger partial charge in [0.15, 0.2) is 0 Å². The second-order valence-electron chi connectivity index (χ2n) is 5.46. The van der Waals surface area contributed by atoms with Crippen LogP contribution in [-0.2, 0) is 0 Å². The van der Waals surface area contributed by atoms with Crippen molar-refractivity contribution in [2.45, 2.75) is 31.2 Å². The van der Waals surface area contributed by atoms with Crippen molar-refractivity contribution in [3.8, 4) is 0 Å². The minimum Gasteiger partial charge on any atom is -0.345 e. The Hall–Kier alpha value is -1.61. The summed E-state index contributed by atoms with van der Waals surface area (Å²) in [5.74, 6) is 0.397. The van der Waals surface area contributed by atoms with Crippen LogP contribution in [0.3, 0.4) is 0 Å². The summed E-state index contributed by atoms with van der Waals surface area (Å²) in [6, 6.07) is 9.52. The largest absolute Gasteiger partial charge is 0.345 e. The van der Waals surface area contributed by atoms with E-state index in [0.29, 0.717) is 11.4 Å². The summed E-state index contributed by atoms with van der Waals surface area (Å²) in [4.78, 5) is 16.9. The van der Waals surface area contributed by atoms with E-state index in [1.165, 1.54) is 0 Å². The highest BCUT2D eigenvalue weighted by atomic mass is 35.5. The lowest BCUT2D eigenvalue weighted by atomic mass is 9.99. The molecule has 104 valence electrons. The quantitative estimate of drug-likeness (QED) is 0.878. The fourth-order valence-corrected chi connectivity index (χ4v) is 3.27. The number of halogens is 1. The summed E-state index contributed by atoms with van der Waals surface area (Å²) >= 11 is 6.08. The van der Waals surface area contributed by atoms with Crippen molar-refractivity contribution < 1.29 is 4.79 Å². The molecule has 1 aromatic carbocycles. The van der Waals surface area contributed by atoms with Gasteiger partial charge in [-0.3, -0.25) is 9.78 Å². The molecule has 20 heavy (non-hydrogen) atoms. The maximum atomic E-state index is 12.6. The molecular weight excluding hydrogens is 272 g/mol. The Balaban J connectivity index is 1.93. The summed E-state index contributed by atoms with van der Waals surface area (Å²) in [5.41, 5.74) is 1.13. The molecule has 1 aliphatic carbocycles. The van der Waals surface area contributed by atoms with E-state index in [9.17, 15) is 4.79 Å². The van der Waals surface area contributed by atoms with E-state index in [2.05, 4.69) is 10.3 Å². The lowest BCUT2D eigenvalue weighted by Gasteiger charge is -2.28. The first-order valence-corrected chi connectivity index (χ1v) is 7.50. The molecule has 0 aliphatic heterocycles. The maximum absolute atomic E-state index is 12.6. The van der Waals surface area contributed by atoms with Crippen LogP contribution in [0.2, 0.25) is 0 Å². The van der Waals surface area contributed by atoms with Gasteiger partial charge in [0.25, 0.3) is 5.91 Å². The third-order valence-corrected chi connectivity index (χ3v) is 4.58. The summed E-state index contributed by atoms with van der Waals surface area (Å²) in [7, 11) is 0. The minimum absolute atomic E-state index is 0.0724. The summed E-state index contributed by atoms with van der Waals surface area (Å²) in [5, 5.41) is 4.12. The fourth-order valence-electron chi connectivity index (χ4n) is 2.94. The lowest BCUT2D eigenvalue weighted by molar-refractivity contribution is 0.0911. The number of pyridine rings is 1. The zero-order valence-electron chi connectivity index (χ0n) is 11.2. The molecule has 0 saturated heterocycles. The second kappa shape index (κ2) is 5.41. The maximum Gasteiger partial charge on any atom is 0.253 e. The second-order valence-corrected chi connectivity index (χ2v) is 5.72. The van der Waals surface area contributed by atoms with Crippen LogP contribution < -0.4 is 5.32 Å². The van der Waals surface area contributed by atoms with E-state index >= 15 is 0 Å². The van der Waals surface area contributed by atoms with Crippen LogP contribution >= 0.6 is 11.6 Å². The molecule has 4 heteroatoms.